The smallest absolute Gasteiger partial charge is 0.159 e. The van der Waals surface area contributed by atoms with E-state index in [1.807, 2.05) is 18.3 Å². The van der Waals surface area contributed by atoms with Crippen molar-refractivity contribution in [2.45, 2.75) is 13.5 Å². The number of hydrogen-bond acceptors (Lipinski definition) is 3. The lowest BCUT2D eigenvalue weighted by atomic mass is 10.1. The van der Waals surface area contributed by atoms with Gasteiger partial charge in [-0.25, -0.2) is 4.98 Å². The van der Waals surface area contributed by atoms with Gasteiger partial charge in [-0.3, -0.25) is 4.79 Å². The lowest BCUT2D eigenvalue weighted by molar-refractivity contribution is 0.101. The second kappa shape index (κ2) is 4.38. The average molecular weight is 354 g/mol. The molecule has 0 spiro atoms. The molecule has 0 bridgehead atoms. The van der Waals surface area contributed by atoms with E-state index in [0.717, 1.165) is 27.4 Å². The molecule has 1 aliphatic heterocycles. The molecule has 2 aromatic rings. The Morgan fingerprint density at radius 3 is 3.11 bits per heavy atom. The Balaban J connectivity index is 2.18. The van der Waals surface area contributed by atoms with Gasteiger partial charge in [0.25, 0.3) is 0 Å². The number of rotatable bonds is 1. The molecule has 0 saturated heterocycles. The van der Waals surface area contributed by atoms with Crippen LogP contribution in [0.15, 0.2) is 24.4 Å². The third kappa shape index (κ3) is 1.92. The van der Waals surface area contributed by atoms with Gasteiger partial charge in [0, 0.05) is 11.8 Å². The molecule has 0 fully saturated rings. The van der Waals surface area contributed by atoms with E-state index in [1.54, 1.807) is 13.0 Å². The van der Waals surface area contributed by atoms with Gasteiger partial charge in [-0.1, -0.05) is 6.07 Å². The normalized spacial score (nSPS) is 13.2. The summed E-state index contributed by atoms with van der Waals surface area (Å²) in [6.45, 7) is 2.92. The zero-order valence-electron chi connectivity index (χ0n) is 9.81. The maximum atomic E-state index is 11.4. The third-order valence-electron chi connectivity index (χ3n) is 2.97. The van der Waals surface area contributed by atoms with Crippen molar-refractivity contribution >= 4 is 28.4 Å². The molecule has 1 aromatic heterocycles. The Hall–Kier alpha value is -1.37. The quantitative estimate of drug-likeness (QED) is 0.584. The summed E-state index contributed by atoms with van der Waals surface area (Å²) in [6.07, 6.45) is 2.01. The van der Waals surface area contributed by atoms with Gasteiger partial charge in [-0.05, 0) is 41.6 Å². The number of ketones is 1. The fourth-order valence-corrected chi connectivity index (χ4v) is 2.63. The van der Waals surface area contributed by atoms with Crippen molar-refractivity contribution in [1.29, 1.82) is 0 Å². The first kappa shape index (κ1) is 11.7. The minimum absolute atomic E-state index is 0.0450. The van der Waals surface area contributed by atoms with Crippen LogP contribution in [0.2, 0.25) is 0 Å². The Labute approximate surface area is 118 Å². The van der Waals surface area contributed by atoms with Crippen molar-refractivity contribution in [3.8, 4) is 17.1 Å². The highest BCUT2D eigenvalue weighted by atomic mass is 127. The molecular weight excluding hydrogens is 343 g/mol. The highest BCUT2D eigenvalue weighted by Crippen LogP contribution is 2.33. The van der Waals surface area contributed by atoms with Crippen LogP contribution in [0.4, 0.5) is 0 Å². The minimum Gasteiger partial charge on any atom is -0.491 e. The second-order valence-electron chi connectivity index (χ2n) is 4.20. The molecule has 3 rings (SSSR count). The zero-order chi connectivity index (χ0) is 12.7. The van der Waals surface area contributed by atoms with Gasteiger partial charge >= 0.3 is 0 Å². The lowest BCUT2D eigenvalue weighted by Crippen LogP contribution is -2.04. The summed E-state index contributed by atoms with van der Waals surface area (Å²) in [5.41, 5.74) is 1.61. The number of carbonyl (C=O) groups is 1. The van der Waals surface area contributed by atoms with Gasteiger partial charge in [0.1, 0.15) is 21.9 Å². The fourth-order valence-electron chi connectivity index (χ4n) is 2.07. The van der Waals surface area contributed by atoms with Crippen LogP contribution < -0.4 is 4.74 Å². The van der Waals surface area contributed by atoms with Gasteiger partial charge in [0.05, 0.1) is 12.1 Å². The van der Waals surface area contributed by atoms with Crippen molar-refractivity contribution in [1.82, 2.24) is 9.55 Å². The van der Waals surface area contributed by atoms with Gasteiger partial charge in [-0.2, -0.15) is 0 Å². The van der Waals surface area contributed by atoms with E-state index in [0.29, 0.717) is 12.2 Å². The standard InChI is InChI=1S/C13H11IN2O2/c1-8(17)9-2-3-10-11(6-9)18-5-4-16-7-12(14)15-13(10)16/h2-3,6-7H,4-5H2,1H3. The van der Waals surface area contributed by atoms with Crippen LogP contribution in [0, 0.1) is 3.70 Å². The van der Waals surface area contributed by atoms with Gasteiger partial charge in [0.15, 0.2) is 5.78 Å². The molecule has 5 heteroatoms. The van der Waals surface area contributed by atoms with E-state index in [4.69, 9.17) is 4.74 Å². The number of carbonyl (C=O) groups excluding carboxylic acids is 1. The van der Waals surface area contributed by atoms with E-state index >= 15 is 0 Å². The van der Waals surface area contributed by atoms with Crippen LogP contribution in [-0.2, 0) is 6.54 Å². The monoisotopic (exact) mass is 354 g/mol. The summed E-state index contributed by atoms with van der Waals surface area (Å²) >= 11 is 2.20. The van der Waals surface area contributed by atoms with Crippen molar-refractivity contribution in [2.75, 3.05) is 6.61 Å². The Morgan fingerprint density at radius 2 is 2.33 bits per heavy atom. The first-order chi connectivity index (χ1) is 8.65. The molecular formula is C13H11IN2O2. The van der Waals surface area contributed by atoms with E-state index in [-0.39, 0.29) is 5.78 Å². The highest BCUT2D eigenvalue weighted by molar-refractivity contribution is 14.1. The van der Waals surface area contributed by atoms with Crippen LogP contribution in [0.5, 0.6) is 5.75 Å². The molecule has 92 valence electrons. The predicted octanol–water partition coefficient (Wildman–Crippen LogP) is 2.75. The first-order valence-electron chi connectivity index (χ1n) is 5.66. The summed E-state index contributed by atoms with van der Waals surface area (Å²) < 4.78 is 8.75. The zero-order valence-corrected chi connectivity index (χ0v) is 12.0. The SMILES string of the molecule is CC(=O)c1ccc2c(c1)OCCn1cc(I)nc1-2. The number of Topliss-reactive ketones (excluding diaryl/α,β-unsaturated/α-hetero) is 1. The average Bonchev–Trinajstić information content (AvgIpc) is 2.62. The van der Waals surface area contributed by atoms with Crippen molar-refractivity contribution in [3.05, 3.63) is 33.7 Å². The van der Waals surface area contributed by atoms with Crippen molar-refractivity contribution in [2.24, 2.45) is 0 Å². The number of ether oxygens (including phenoxy) is 1. The summed E-state index contributed by atoms with van der Waals surface area (Å²) in [4.78, 5) is 15.9. The molecule has 2 heterocycles. The van der Waals surface area contributed by atoms with Gasteiger partial charge < -0.3 is 9.30 Å². The Kier molecular flexibility index (Phi) is 2.85. The van der Waals surface area contributed by atoms with E-state index in [1.165, 1.54) is 0 Å². The Bertz CT molecular complexity index is 634. The van der Waals surface area contributed by atoms with Crippen LogP contribution in [-0.4, -0.2) is 21.9 Å². The van der Waals surface area contributed by atoms with Crippen LogP contribution >= 0.6 is 22.6 Å². The first-order valence-corrected chi connectivity index (χ1v) is 6.74. The summed E-state index contributed by atoms with van der Waals surface area (Å²) in [6, 6.07) is 5.53. The van der Waals surface area contributed by atoms with Crippen LogP contribution in [0.25, 0.3) is 11.4 Å². The lowest BCUT2D eigenvalue weighted by Gasteiger charge is -2.07. The molecule has 0 atom stereocenters. The topological polar surface area (TPSA) is 44.1 Å². The van der Waals surface area contributed by atoms with E-state index < -0.39 is 0 Å². The molecule has 0 unspecified atom stereocenters. The Morgan fingerprint density at radius 1 is 1.50 bits per heavy atom. The van der Waals surface area contributed by atoms with E-state index in [2.05, 4.69) is 32.1 Å². The largest absolute Gasteiger partial charge is 0.491 e. The maximum absolute atomic E-state index is 11.4. The second-order valence-corrected chi connectivity index (χ2v) is 5.30. The number of halogens is 1. The molecule has 0 aliphatic carbocycles. The number of fused-ring (bicyclic) bond motifs is 3. The molecule has 1 aliphatic rings. The molecule has 0 saturated carbocycles. The van der Waals surface area contributed by atoms with Gasteiger partial charge in [0.2, 0.25) is 0 Å². The number of benzene rings is 1. The molecule has 1 aromatic carbocycles. The summed E-state index contributed by atoms with van der Waals surface area (Å²) in [5.74, 6) is 1.69. The molecule has 0 radical (unpaired) electrons. The summed E-state index contributed by atoms with van der Waals surface area (Å²) in [7, 11) is 0. The molecule has 18 heavy (non-hydrogen) atoms. The minimum atomic E-state index is 0.0450. The predicted molar refractivity (Wildman–Crippen MR) is 75.9 cm³/mol. The fraction of sp³-hybridized carbons (Fsp3) is 0.231. The third-order valence-corrected chi connectivity index (χ3v) is 3.49. The number of aromatic nitrogens is 2. The van der Waals surface area contributed by atoms with Crippen molar-refractivity contribution < 1.29 is 9.53 Å². The molecule has 0 N–H and O–H groups in total. The molecule has 0 amide bonds. The summed E-state index contributed by atoms with van der Waals surface area (Å²) in [5, 5.41) is 0. The number of hydrogen-bond donors (Lipinski definition) is 0. The van der Waals surface area contributed by atoms with Gasteiger partial charge in [-0.15, -0.1) is 0 Å². The number of nitrogens with zero attached hydrogens (tertiary/aromatic N) is 2. The van der Waals surface area contributed by atoms with Crippen molar-refractivity contribution in [3.63, 3.8) is 0 Å². The number of imidazole rings is 1. The highest BCUT2D eigenvalue weighted by Gasteiger charge is 2.18. The van der Waals surface area contributed by atoms with E-state index in [9.17, 15) is 4.79 Å². The maximum Gasteiger partial charge on any atom is 0.159 e. The van der Waals surface area contributed by atoms with Crippen LogP contribution in [0.3, 0.4) is 0 Å². The van der Waals surface area contributed by atoms with Crippen LogP contribution in [0.1, 0.15) is 17.3 Å². The molecule has 4 nitrogen and oxygen atoms in total.